The van der Waals surface area contributed by atoms with Gasteiger partial charge in [0.2, 0.25) is 0 Å². The van der Waals surface area contributed by atoms with Gasteiger partial charge >= 0.3 is 0 Å². The van der Waals surface area contributed by atoms with Crippen molar-refractivity contribution in [3.63, 3.8) is 0 Å². The van der Waals surface area contributed by atoms with E-state index >= 15 is 0 Å². The first-order valence-corrected chi connectivity index (χ1v) is 7.15. The molecule has 5 nitrogen and oxygen atoms in total. The van der Waals surface area contributed by atoms with Crippen LogP contribution in [-0.4, -0.2) is 54.7 Å². The predicted molar refractivity (Wildman–Crippen MR) is 71.8 cm³/mol. The van der Waals surface area contributed by atoms with E-state index in [1.165, 1.54) is 12.1 Å². The normalized spacial score (nSPS) is 28.3. The number of methoxy groups -OCH3 is 1. The molecule has 0 N–H and O–H groups in total. The summed E-state index contributed by atoms with van der Waals surface area (Å²) in [5.74, 6) is 1.21. The second kappa shape index (κ2) is 6.03. The number of nitrogens with zero attached hydrogens (tertiary/aromatic N) is 3. The van der Waals surface area contributed by atoms with Gasteiger partial charge < -0.3 is 9.47 Å². The zero-order chi connectivity index (χ0) is 13.1. The van der Waals surface area contributed by atoms with E-state index in [1.807, 2.05) is 6.20 Å². The molecule has 0 bridgehead atoms. The van der Waals surface area contributed by atoms with Crippen molar-refractivity contribution in [2.24, 2.45) is 11.8 Å². The van der Waals surface area contributed by atoms with E-state index in [2.05, 4.69) is 20.7 Å². The molecule has 0 amide bonds. The molecule has 5 heteroatoms. The van der Waals surface area contributed by atoms with Gasteiger partial charge in [0, 0.05) is 52.0 Å². The number of ether oxygens (including phenoxy) is 2. The van der Waals surface area contributed by atoms with Crippen LogP contribution in [0.25, 0.3) is 0 Å². The van der Waals surface area contributed by atoms with Crippen LogP contribution in [0.3, 0.4) is 0 Å². The van der Waals surface area contributed by atoms with Crippen LogP contribution in [0, 0.1) is 11.8 Å². The first-order chi connectivity index (χ1) is 9.35. The van der Waals surface area contributed by atoms with E-state index in [4.69, 9.17) is 9.47 Å². The molecule has 3 heterocycles. The molecule has 0 aliphatic carbocycles. The first-order valence-electron chi connectivity index (χ1n) is 7.15. The zero-order valence-electron chi connectivity index (χ0n) is 11.6. The smallest absolute Gasteiger partial charge is 0.0524 e. The van der Waals surface area contributed by atoms with Crippen LogP contribution in [-0.2, 0) is 22.6 Å². The van der Waals surface area contributed by atoms with Gasteiger partial charge in [-0.05, 0) is 18.4 Å². The number of hydrogen-bond acceptors (Lipinski definition) is 4. The molecule has 106 valence electrons. The molecule has 1 fully saturated rings. The van der Waals surface area contributed by atoms with Crippen LogP contribution >= 0.6 is 0 Å². The Labute approximate surface area is 114 Å². The lowest BCUT2D eigenvalue weighted by atomic mass is 10.1. The molecule has 2 aliphatic heterocycles. The Bertz CT molecular complexity index is 401. The van der Waals surface area contributed by atoms with E-state index in [-0.39, 0.29) is 0 Å². The molecule has 0 spiro atoms. The predicted octanol–water partition coefficient (Wildman–Crippen LogP) is 0.998. The Morgan fingerprint density at radius 1 is 1.42 bits per heavy atom. The summed E-state index contributed by atoms with van der Waals surface area (Å²) in [6.45, 7) is 6.84. The lowest BCUT2D eigenvalue weighted by molar-refractivity contribution is 0.107. The average molecular weight is 265 g/mol. The monoisotopic (exact) mass is 265 g/mol. The van der Waals surface area contributed by atoms with E-state index < -0.39 is 0 Å². The highest BCUT2D eigenvalue weighted by molar-refractivity contribution is 5.02. The van der Waals surface area contributed by atoms with Crippen molar-refractivity contribution in [2.75, 3.05) is 40.0 Å². The highest BCUT2D eigenvalue weighted by atomic mass is 16.5. The fourth-order valence-corrected chi connectivity index (χ4v) is 3.19. The van der Waals surface area contributed by atoms with E-state index in [0.717, 1.165) is 46.0 Å². The first kappa shape index (κ1) is 13.1. The quantitative estimate of drug-likeness (QED) is 0.814. The zero-order valence-corrected chi connectivity index (χ0v) is 11.6. The highest BCUT2D eigenvalue weighted by Gasteiger charge is 2.25. The molecule has 1 aromatic heterocycles. The van der Waals surface area contributed by atoms with Crippen molar-refractivity contribution in [3.05, 3.63) is 18.0 Å². The van der Waals surface area contributed by atoms with Crippen LogP contribution in [0.15, 0.2) is 12.3 Å². The summed E-state index contributed by atoms with van der Waals surface area (Å²) in [6.07, 6.45) is 3.10. The van der Waals surface area contributed by atoms with Crippen molar-refractivity contribution in [2.45, 2.75) is 19.5 Å². The third kappa shape index (κ3) is 3.16. The third-order valence-electron chi connectivity index (χ3n) is 4.08. The number of aromatic nitrogens is 2. The maximum Gasteiger partial charge on any atom is 0.0524 e. The summed E-state index contributed by atoms with van der Waals surface area (Å²) in [5.41, 5.74) is 1.32. The van der Waals surface area contributed by atoms with Crippen LogP contribution in [0.2, 0.25) is 0 Å². The van der Waals surface area contributed by atoms with Crippen LogP contribution in [0.1, 0.15) is 12.1 Å². The summed E-state index contributed by atoms with van der Waals surface area (Å²) < 4.78 is 13.0. The molecule has 0 aromatic carbocycles. The molecule has 0 unspecified atom stereocenters. The van der Waals surface area contributed by atoms with Gasteiger partial charge in [0.1, 0.15) is 0 Å². The van der Waals surface area contributed by atoms with E-state index in [0.29, 0.717) is 11.8 Å². The van der Waals surface area contributed by atoms with Crippen molar-refractivity contribution in [1.29, 1.82) is 0 Å². The van der Waals surface area contributed by atoms with Crippen molar-refractivity contribution >= 4 is 0 Å². The Balaban J connectivity index is 1.68. The van der Waals surface area contributed by atoms with Crippen molar-refractivity contribution in [1.82, 2.24) is 14.7 Å². The van der Waals surface area contributed by atoms with Gasteiger partial charge in [-0.1, -0.05) is 0 Å². The SMILES string of the molecule is COC[C@H]1CN(C[C@@H]2CCOC2)Cc2ccnn2C1. The van der Waals surface area contributed by atoms with Crippen LogP contribution < -0.4 is 0 Å². The summed E-state index contributed by atoms with van der Waals surface area (Å²) in [5, 5.41) is 4.43. The summed E-state index contributed by atoms with van der Waals surface area (Å²) >= 11 is 0. The highest BCUT2D eigenvalue weighted by Crippen LogP contribution is 2.20. The van der Waals surface area contributed by atoms with Crippen molar-refractivity contribution in [3.8, 4) is 0 Å². The number of fused-ring (bicyclic) bond motifs is 1. The Hall–Kier alpha value is -0.910. The standard InChI is InChI=1S/C14H23N3O2/c1-18-10-13-7-16(6-12-3-5-19-11-12)9-14-2-4-15-17(14)8-13/h2,4,12-13H,3,5-11H2,1H3/t12-,13-/m0/s1. The summed E-state index contributed by atoms with van der Waals surface area (Å²) in [4.78, 5) is 2.55. The van der Waals surface area contributed by atoms with E-state index in [1.54, 1.807) is 7.11 Å². The molecule has 2 atom stereocenters. The lowest BCUT2D eigenvalue weighted by Crippen LogP contribution is -2.34. The lowest BCUT2D eigenvalue weighted by Gasteiger charge is -2.25. The van der Waals surface area contributed by atoms with Gasteiger partial charge in [-0.2, -0.15) is 5.10 Å². The Kier molecular flexibility index (Phi) is 4.15. The van der Waals surface area contributed by atoms with Gasteiger partial charge in [-0.15, -0.1) is 0 Å². The minimum Gasteiger partial charge on any atom is -0.384 e. The molecule has 2 aliphatic rings. The second-order valence-electron chi connectivity index (χ2n) is 5.75. The largest absolute Gasteiger partial charge is 0.384 e. The molecule has 1 aromatic rings. The van der Waals surface area contributed by atoms with Gasteiger partial charge in [0.25, 0.3) is 0 Å². The van der Waals surface area contributed by atoms with E-state index in [9.17, 15) is 0 Å². The maximum absolute atomic E-state index is 5.49. The average Bonchev–Trinajstić information content (AvgIpc) is 3.00. The second-order valence-corrected chi connectivity index (χ2v) is 5.75. The fraction of sp³-hybridized carbons (Fsp3) is 0.786. The third-order valence-corrected chi connectivity index (χ3v) is 4.08. The van der Waals surface area contributed by atoms with Gasteiger partial charge in [-0.3, -0.25) is 9.58 Å². The van der Waals surface area contributed by atoms with Crippen LogP contribution in [0.5, 0.6) is 0 Å². The molecule has 19 heavy (non-hydrogen) atoms. The Morgan fingerprint density at radius 2 is 2.37 bits per heavy atom. The van der Waals surface area contributed by atoms with Crippen LogP contribution in [0.4, 0.5) is 0 Å². The Morgan fingerprint density at radius 3 is 3.16 bits per heavy atom. The fourth-order valence-electron chi connectivity index (χ4n) is 3.19. The summed E-state index contributed by atoms with van der Waals surface area (Å²) in [6, 6.07) is 2.13. The maximum atomic E-state index is 5.49. The van der Waals surface area contributed by atoms with Crippen molar-refractivity contribution < 1.29 is 9.47 Å². The molecule has 3 rings (SSSR count). The minimum atomic E-state index is 0.522. The molecular weight excluding hydrogens is 242 g/mol. The number of rotatable bonds is 4. The molecular formula is C14H23N3O2. The topological polar surface area (TPSA) is 39.5 Å². The summed E-state index contributed by atoms with van der Waals surface area (Å²) in [7, 11) is 1.78. The molecule has 0 radical (unpaired) electrons. The number of hydrogen-bond donors (Lipinski definition) is 0. The minimum absolute atomic E-state index is 0.522. The van der Waals surface area contributed by atoms with Gasteiger partial charge in [0.15, 0.2) is 0 Å². The molecule has 1 saturated heterocycles. The van der Waals surface area contributed by atoms with Gasteiger partial charge in [0.05, 0.1) is 18.9 Å². The van der Waals surface area contributed by atoms with Gasteiger partial charge in [-0.25, -0.2) is 0 Å². The molecule has 0 saturated carbocycles.